The van der Waals surface area contributed by atoms with Gasteiger partial charge in [-0.15, -0.1) is 0 Å². The van der Waals surface area contributed by atoms with Crippen LogP contribution in [0.3, 0.4) is 0 Å². The monoisotopic (exact) mass is 547 g/mol. The lowest BCUT2D eigenvalue weighted by Crippen LogP contribution is -2.13. The molecule has 5 rings (SSSR count). The fourth-order valence-corrected chi connectivity index (χ4v) is 4.04. The molecule has 0 aliphatic carbocycles. The summed E-state index contributed by atoms with van der Waals surface area (Å²) in [7, 11) is 7.81. The van der Waals surface area contributed by atoms with Gasteiger partial charge in [0.25, 0.3) is 5.91 Å². The standard InChI is InChI=1S/C23H21N5O.C9H12N2O/c1-28(2)19-9-6-16(7-10-19)23(29)25-18-8-11-20-21(13-18)27-22(26-20)17-5-3-4-15(12-17)14-24;1-11(2)8-5-3-7(4-6-8)9(10)12/h3-14,24H,1-2H3,(H,25,29)(H,26,27);3-6H,1-2H3,(H2,10,12). The van der Waals surface area contributed by atoms with Gasteiger partial charge in [0.05, 0.1) is 11.0 Å². The van der Waals surface area contributed by atoms with Gasteiger partial charge in [-0.2, -0.15) is 0 Å². The zero-order chi connectivity index (χ0) is 29.5. The molecule has 0 spiro atoms. The number of H-pyrrole nitrogens is 1. The normalized spacial score (nSPS) is 10.3. The van der Waals surface area contributed by atoms with Crippen molar-refractivity contribution in [2.75, 3.05) is 43.3 Å². The molecule has 0 unspecified atom stereocenters. The summed E-state index contributed by atoms with van der Waals surface area (Å²) < 4.78 is 0. The molecule has 1 heterocycles. The van der Waals surface area contributed by atoms with Crippen molar-refractivity contribution in [1.82, 2.24) is 9.97 Å². The number of aromatic nitrogens is 2. The second-order valence-corrected chi connectivity index (χ2v) is 9.79. The molecule has 0 saturated heterocycles. The summed E-state index contributed by atoms with van der Waals surface area (Å²) in [4.78, 5) is 35.1. The van der Waals surface area contributed by atoms with E-state index in [2.05, 4.69) is 15.3 Å². The van der Waals surface area contributed by atoms with Gasteiger partial charge >= 0.3 is 0 Å². The number of hydrogen-bond acceptors (Lipinski definition) is 6. The number of fused-ring (bicyclic) bond motifs is 1. The molecule has 0 radical (unpaired) electrons. The van der Waals surface area contributed by atoms with Crippen molar-refractivity contribution in [3.05, 3.63) is 108 Å². The zero-order valence-corrected chi connectivity index (χ0v) is 23.5. The third-order valence-corrected chi connectivity index (χ3v) is 6.38. The van der Waals surface area contributed by atoms with Crippen molar-refractivity contribution in [3.63, 3.8) is 0 Å². The van der Waals surface area contributed by atoms with Gasteiger partial charge in [-0.25, -0.2) is 4.98 Å². The summed E-state index contributed by atoms with van der Waals surface area (Å²) in [5.41, 5.74) is 12.4. The molecule has 5 aromatic rings. The van der Waals surface area contributed by atoms with Crippen LogP contribution in [0.15, 0.2) is 91.0 Å². The number of nitrogens with two attached hydrogens (primary N) is 1. The fraction of sp³-hybridized carbons (Fsp3) is 0.125. The molecule has 0 atom stereocenters. The van der Waals surface area contributed by atoms with Crippen molar-refractivity contribution in [2.45, 2.75) is 0 Å². The summed E-state index contributed by atoms with van der Waals surface area (Å²) in [6.45, 7) is 0. The van der Waals surface area contributed by atoms with E-state index in [1.54, 1.807) is 12.1 Å². The fourth-order valence-electron chi connectivity index (χ4n) is 4.04. The minimum Gasteiger partial charge on any atom is -0.378 e. The number of nitrogens with one attached hydrogen (secondary N) is 3. The molecule has 0 fully saturated rings. The van der Waals surface area contributed by atoms with Crippen molar-refractivity contribution < 1.29 is 9.59 Å². The first-order chi connectivity index (χ1) is 19.6. The Kier molecular flexibility index (Phi) is 8.79. The molecule has 0 saturated carbocycles. The van der Waals surface area contributed by atoms with Gasteiger partial charge in [0.15, 0.2) is 0 Å². The highest BCUT2D eigenvalue weighted by atomic mass is 16.2. The Morgan fingerprint density at radius 3 is 2.00 bits per heavy atom. The largest absolute Gasteiger partial charge is 0.378 e. The van der Waals surface area contributed by atoms with E-state index >= 15 is 0 Å². The number of nitrogens with zero attached hydrogens (tertiary/aromatic N) is 3. The number of benzene rings is 4. The molecule has 9 nitrogen and oxygen atoms in total. The van der Waals surface area contributed by atoms with Crippen molar-refractivity contribution >= 4 is 46.1 Å². The van der Waals surface area contributed by atoms with Gasteiger partial charge in [-0.05, 0) is 78.4 Å². The number of carbonyl (C=O) groups excluding carboxylic acids is 2. The number of hydrogen-bond donors (Lipinski definition) is 4. The van der Waals surface area contributed by atoms with Crippen molar-refractivity contribution in [1.29, 1.82) is 5.41 Å². The van der Waals surface area contributed by atoms with E-state index in [1.165, 1.54) is 6.21 Å². The molecule has 41 heavy (non-hydrogen) atoms. The third kappa shape index (κ3) is 7.15. The highest BCUT2D eigenvalue weighted by Gasteiger charge is 2.10. The summed E-state index contributed by atoms with van der Waals surface area (Å²) in [6, 6.07) is 27.8. The van der Waals surface area contributed by atoms with Gasteiger partial charge in [0.1, 0.15) is 5.82 Å². The zero-order valence-electron chi connectivity index (χ0n) is 23.5. The van der Waals surface area contributed by atoms with E-state index < -0.39 is 0 Å². The molecule has 5 N–H and O–H groups in total. The Morgan fingerprint density at radius 1 is 0.829 bits per heavy atom. The van der Waals surface area contributed by atoms with Crippen LogP contribution in [0.1, 0.15) is 26.3 Å². The third-order valence-electron chi connectivity index (χ3n) is 6.38. The van der Waals surface area contributed by atoms with Crippen LogP contribution >= 0.6 is 0 Å². The van der Waals surface area contributed by atoms with Gasteiger partial charge in [0, 0.05) is 68.2 Å². The van der Waals surface area contributed by atoms with Gasteiger partial charge in [-0.1, -0.05) is 18.2 Å². The van der Waals surface area contributed by atoms with Gasteiger partial charge in [0.2, 0.25) is 5.91 Å². The Bertz CT molecular complexity index is 1670. The summed E-state index contributed by atoms with van der Waals surface area (Å²) in [5, 5.41) is 10.3. The number of amides is 2. The maximum atomic E-state index is 12.6. The first kappa shape index (κ1) is 28.6. The highest BCUT2D eigenvalue weighted by Crippen LogP contribution is 2.24. The lowest BCUT2D eigenvalue weighted by molar-refractivity contribution is 0.0997. The maximum Gasteiger partial charge on any atom is 0.255 e. The van der Waals surface area contributed by atoms with Crippen LogP contribution in [0.5, 0.6) is 0 Å². The molecule has 9 heteroatoms. The molecule has 0 aliphatic rings. The average molecular weight is 548 g/mol. The number of primary amides is 1. The minimum absolute atomic E-state index is 0.159. The summed E-state index contributed by atoms with van der Waals surface area (Å²) >= 11 is 0. The minimum atomic E-state index is -0.389. The van der Waals surface area contributed by atoms with Crippen LogP contribution in [0.25, 0.3) is 22.4 Å². The van der Waals surface area contributed by atoms with Gasteiger partial charge < -0.3 is 31.2 Å². The number of carbonyl (C=O) groups is 2. The van der Waals surface area contributed by atoms with Crippen LogP contribution in [0, 0.1) is 5.41 Å². The molecule has 208 valence electrons. The highest BCUT2D eigenvalue weighted by molar-refractivity contribution is 6.05. The lowest BCUT2D eigenvalue weighted by atomic mass is 10.1. The lowest BCUT2D eigenvalue weighted by Gasteiger charge is -2.12. The number of aromatic amines is 1. The van der Waals surface area contributed by atoms with E-state index in [1.807, 2.05) is 117 Å². The first-order valence-corrected chi connectivity index (χ1v) is 12.9. The molecule has 0 bridgehead atoms. The predicted octanol–water partition coefficient (Wildman–Crippen LogP) is 5.40. The second kappa shape index (κ2) is 12.6. The van der Waals surface area contributed by atoms with E-state index in [4.69, 9.17) is 11.1 Å². The van der Waals surface area contributed by atoms with E-state index in [0.717, 1.165) is 39.4 Å². The van der Waals surface area contributed by atoms with Gasteiger partial charge in [-0.3, -0.25) is 9.59 Å². The predicted molar refractivity (Wildman–Crippen MR) is 167 cm³/mol. The Labute approximate surface area is 239 Å². The van der Waals surface area contributed by atoms with Crippen molar-refractivity contribution in [3.8, 4) is 11.4 Å². The molecule has 1 aromatic heterocycles. The Morgan fingerprint density at radius 2 is 1.44 bits per heavy atom. The van der Waals surface area contributed by atoms with E-state index in [-0.39, 0.29) is 11.8 Å². The quantitative estimate of drug-likeness (QED) is 0.203. The number of anilines is 3. The maximum absolute atomic E-state index is 12.6. The Hall–Kier alpha value is -5.44. The van der Waals surface area contributed by atoms with Crippen LogP contribution < -0.4 is 20.9 Å². The van der Waals surface area contributed by atoms with E-state index in [0.29, 0.717) is 16.8 Å². The summed E-state index contributed by atoms with van der Waals surface area (Å²) in [6.07, 6.45) is 1.31. The SMILES string of the molecule is CN(C)c1ccc(C(=O)Nc2ccc3nc(-c4cccc(C=N)c4)[nH]c3c2)cc1.CN(C)c1ccc(C(N)=O)cc1. The van der Waals surface area contributed by atoms with Crippen LogP contribution in [0.4, 0.5) is 17.1 Å². The Balaban J connectivity index is 0.000000271. The molecule has 2 amide bonds. The van der Waals surface area contributed by atoms with E-state index in [9.17, 15) is 9.59 Å². The van der Waals surface area contributed by atoms with Crippen molar-refractivity contribution in [2.24, 2.45) is 5.73 Å². The first-order valence-electron chi connectivity index (χ1n) is 12.9. The average Bonchev–Trinajstić information content (AvgIpc) is 3.41. The number of rotatable bonds is 7. The molecular formula is C32H33N7O2. The van der Waals surface area contributed by atoms with Crippen LogP contribution in [-0.4, -0.2) is 56.2 Å². The summed E-state index contributed by atoms with van der Waals surface area (Å²) in [5.74, 6) is 0.180. The molecular weight excluding hydrogens is 514 g/mol. The smallest absolute Gasteiger partial charge is 0.255 e. The van der Waals surface area contributed by atoms with Crippen LogP contribution in [0.2, 0.25) is 0 Å². The number of imidazole rings is 1. The molecule has 0 aliphatic heterocycles. The van der Waals surface area contributed by atoms with Crippen LogP contribution in [-0.2, 0) is 0 Å². The molecule has 4 aromatic carbocycles. The second-order valence-electron chi connectivity index (χ2n) is 9.79. The topological polar surface area (TPSA) is 131 Å².